The molecule has 6 nitrogen and oxygen atoms in total. The smallest absolute Gasteiger partial charge is 0.126 e. The number of ether oxygens (including phenoxy) is 4. The molecular weight excluding hydrogens is 464 g/mol. The van der Waals surface area contributed by atoms with Crippen LogP contribution in [0.3, 0.4) is 0 Å². The average Bonchev–Trinajstić information content (AvgIpc) is 3.38. The van der Waals surface area contributed by atoms with Gasteiger partial charge < -0.3 is 18.9 Å². The molecule has 1 aliphatic rings. The van der Waals surface area contributed by atoms with Gasteiger partial charge in [-0.1, -0.05) is 25.5 Å². The maximum atomic E-state index is 5.74. The van der Waals surface area contributed by atoms with Crippen LogP contribution in [0, 0.1) is 0 Å². The Kier molecular flexibility index (Phi) is 8.62. The molecule has 1 heterocycles. The molecule has 37 heavy (non-hydrogen) atoms. The Hall–Kier alpha value is -4.06. The molecule has 0 spiro atoms. The largest absolute Gasteiger partial charge is 0.497 e. The third-order valence-corrected chi connectivity index (χ3v) is 6.53. The van der Waals surface area contributed by atoms with Gasteiger partial charge in [-0.05, 0) is 85.2 Å². The fraction of sp³-hybridized carbons (Fsp3) is 0.290. The predicted octanol–water partition coefficient (Wildman–Crippen LogP) is 6.73. The van der Waals surface area contributed by atoms with Crippen LogP contribution in [0.5, 0.6) is 23.0 Å². The molecule has 1 unspecified atom stereocenters. The lowest BCUT2D eigenvalue weighted by atomic mass is 10.0. The number of nitrogens with zero attached hydrogens (tertiary/aromatic N) is 1. The van der Waals surface area contributed by atoms with Crippen molar-refractivity contribution in [3.05, 3.63) is 95.2 Å². The Balaban J connectivity index is 1.70. The van der Waals surface area contributed by atoms with Gasteiger partial charge in [0, 0.05) is 11.1 Å². The summed E-state index contributed by atoms with van der Waals surface area (Å²) in [6, 6.07) is 20.3. The van der Waals surface area contributed by atoms with E-state index in [4.69, 9.17) is 18.9 Å². The quantitative estimate of drug-likeness (QED) is 0.315. The minimum Gasteiger partial charge on any atom is -0.497 e. The van der Waals surface area contributed by atoms with Crippen molar-refractivity contribution < 1.29 is 18.9 Å². The van der Waals surface area contributed by atoms with Gasteiger partial charge in [0.1, 0.15) is 23.0 Å². The molecule has 1 N–H and O–H groups in total. The second-order valence-corrected chi connectivity index (χ2v) is 8.87. The van der Waals surface area contributed by atoms with Crippen molar-refractivity contribution >= 4 is 11.8 Å². The fourth-order valence-corrected chi connectivity index (χ4v) is 4.46. The van der Waals surface area contributed by atoms with Crippen LogP contribution < -0.4 is 29.4 Å². The summed E-state index contributed by atoms with van der Waals surface area (Å²) in [4.78, 5) is 0. The highest BCUT2D eigenvalue weighted by Crippen LogP contribution is 2.39. The third-order valence-electron chi connectivity index (χ3n) is 6.53. The van der Waals surface area contributed by atoms with Crippen molar-refractivity contribution in [3.63, 3.8) is 0 Å². The van der Waals surface area contributed by atoms with E-state index in [0.29, 0.717) is 0 Å². The molecule has 1 atom stereocenters. The van der Waals surface area contributed by atoms with E-state index in [1.54, 1.807) is 28.4 Å². The van der Waals surface area contributed by atoms with Crippen LogP contribution in [0.4, 0.5) is 5.69 Å². The van der Waals surface area contributed by atoms with E-state index >= 15 is 0 Å². The van der Waals surface area contributed by atoms with E-state index in [-0.39, 0.29) is 6.04 Å². The normalized spacial score (nSPS) is 14.9. The summed E-state index contributed by atoms with van der Waals surface area (Å²) in [5.41, 5.74) is 8.88. The lowest BCUT2D eigenvalue weighted by Crippen LogP contribution is -2.34. The zero-order valence-electron chi connectivity index (χ0n) is 22.3. The summed E-state index contributed by atoms with van der Waals surface area (Å²) in [7, 11) is 6.70. The van der Waals surface area contributed by atoms with Gasteiger partial charge in [-0.25, -0.2) is 0 Å². The summed E-state index contributed by atoms with van der Waals surface area (Å²) < 4.78 is 22.2. The second-order valence-electron chi connectivity index (χ2n) is 8.87. The van der Waals surface area contributed by atoms with E-state index in [1.807, 2.05) is 48.6 Å². The van der Waals surface area contributed by atoms with Crippen molar-refractivity contribution in [2.75, 3.05) is 33.4 Å². The number of aryl methyl sites for hydroxylation is 1. The molecule has 0 saturated heterocycles. The van der Waals surface area contributed by atoms with Gasteiger partial charge in [0.2, 0.25) is 0 Å². The summed E-state index contributed by atoms with van der Waals surface area (Å²) in [5, 5.41) is 2.16. The van der Waals surface area contributed by atoms with Crippen molar-refractivity contribution in [1.29, 1.82) is 0 Å². The highest BCUT2D eigenvalue weighted by molar-refractivity contribution is 5.64. The Morgan fingerprint density at radius 1 is 0.784 bits per heavy atom. The second kappa shape index (κ2) is 12.3. The maximum absolute atomic E-state index is 5.74. The number of nitrogens with one attached hydrogen (secondary N) is 1. The first kappa shape index (κ1) is 26.0. The lowest BCUT2D eigenvalue weighted by Gasteiger charge is -2.28. The summed E-state index contributed by atoms with van der Waals surface area (Å²) in [5.74, 6) is 3.14. The first-order valence-corrected chi connectivity index (χ1v) is 12.6. The monoisotopic (exact) mass is 500 g/mol. The van der Waals surface area contributed by atoms with E-state index in [0.717, 1.165) is 51.9 Å². The fourth-order valence-electron chi connectivity index (χ4n) is 4.46. The minimum atomic E-state index is -0.113. The highest BCUT2D eigenvalue weighted by atomic mass is 16.5. The molecule has 0 saturated carbocycles. The van der Waals surface area contributed by atoms with Crippen molar-refractivity contribution in [3.8, 4) is 23.0 Å². The van der Waals surface area contributed by atoms with Crippen LogP contribution in [0.25, 0.3) is 6.08 Å². The zero-order chi connectivity index (χ0) is 26.2. The molecular formula is C31H36N2O4. The van der Waals surface area contributed by atoms with E-state index in [9.17, 15) is 0 Å². The molecule has 4 rings (SSSR count). The number of anilines is 1. The van der Waals surface area contributed by atoms with Gasteiger partial charge >= 0.3 is 0 Å². The molecule has 3 aromatic rings. The summed E-state index contributed by atoms with van der Waals surface area (Å²) in [6.45, 7) is 2.22. The van der Waals surface area contributed by atoms with Crippen LogP contribution in [-0.4, -0.2) is 28.4 Å². The molecule has 0 aliphatic carbocycles. The molecule has 0 fully saturated rings. The SMILES string of the molecule is CCCCc1ccc(N2NC(C=Cc3cc(OC)ccc3OC)=CC2c2cc(OC)ccc2OC)cc1. The first-order valence-electron chi connectivity index (χ1n) is 12.6. The highest BCUT2D eigenvalue weighted by Gasteiger charge is 2.28. The van der Waals surface area contributed by atoms with Crippen LogP contribution in [0.2, 0.25) is 0 Å². The number of hydrogen-bond acceptors (Lipinski definition) is 6. The zero-order valence-corrected chi connectivity index (χ0v) is 22.3. The minimum absolute atomic E-state index is 0.113. The van der Waals surface area contributed by atoms with Crippen LogP contribution in [0.1, 0.15) is 42.5 Å². The molecule has 3 aromatic carbocycles. The maximum Gasteiger partial charge on any atom is 0.126 e. The van der Waals surface area contributed by atoms with Crippen molar-refractivity contribution in [2.45, 2.75) is 32.2 Å². The topological polar surface area (TPSA) is 52.2 Å². The third kappa shape index (κ3) is 6.02. The molecule has 0 aromatic heterocycles. The Bertz CT molecular complexity index is 1250. The number of allylic oxidation sites excluding steroid dienone is 1. The molecule has 194 valence electrons. The molecule has 1 aliphatic heterocycles. The van der Waals surface area contributed by atoms with E-state index in [2.05, 4.69) is 47.7 Å². The van der Waals surface area contributed by atoms with Gasteiger partial charge in [-0.2, -0.15) is 0 Å². The molecule has 0 radical (unpaired) electrons. The van der Waals surface area contributed by atoms with Crippen LogP contribution >= 0.6 is 0 Å². The summed E-state index contributed by atoms with van der Waals surface area (Å²) in [6.07, 6.45) is 9.72. The number of hydrazine groups is 1. The number of hydrogen-bond donors (Lipinski definition) is 1. The average molecular weight is 501 g/mol. The van der Waals surface area contributed by atoms with Gasteiger partial charge in [-0.3, -0.25) is 10.4 Å². The molecule has 6 heteroatoms. The predicted molar refractivity (Wildman–Crippen MR) is 150 cm³/mol. The van der Waals surface area contributed by atoms with E-state index < -0.39 is 0 Å². The Labute approximate surface area is 220 Å². The van der Waals surface area contributed by atoms with Gasteiger partial charge in [0.25, 0.3) is 0 Å². The van der Waals surface area contributed by atoms with Crippen molar-refractivity contribution in [2.24, 2.45) is 0 Å². The van der Waals surface area contributed by atoms with Gasteiger partial charge in [0.15, 0.2) is 0 Å². The Morgan fingerprint density at radius 3 is 2.11 bits per heavy atom. The Morgan fingerprint density at radius 2 is 1.46 bits per heavy atom. The summed E-state index contributed by atoms with van der Waals surface area (Å²) >= 11 is 0. The standard InChI is InChI=1S/C31H36N2O4/c1-6-7-8-22-9-13-25(14-10-22)33-29(28-21-27(35-3)16-18-31(28)37-5)20-24(32-33)12-11-23-19-26(34-2)15-17-30(23)36-4/h9-21,29,32H,6-8H2,1-5H3. The number of methoxy groups -OCH3 is 4. The number of benzene rings is 3. The van der Waals surface area contributed by atoms with Crippen molar-refractivity contribution in [1.82, 2.24) is 5.43 Å². The molecule has 0 amide bonds. The number of unbranched alkanes of at least 4 members (excludes halogenated alkanes) is 1. The van der Waals surface area contributed by atoms with Crippen LogP contribution in [0.15, 0.2) is 78.5 Å². The number of rotatable bonds is 11. The van der Waals surface area contributed by atoms with Gasteiger partial charge in [0.05, 0.1) is 45.9 Å². The first-order chi connectivity index (χ1) is 18.1. The van der Waals surface area contributed by atoms with Gasteiger partial charge in [-0.15, -0.1) is 0 Å². The lowest BCUT2D eigenvalue weighted by molar-refractivity contribution is 0.396. The molecule has 0 bridgehead atoms. The van der Waals surface area contributed by atoms with Crippen LogP contribution in [-0.2, 0) is 6.42 Å². The van der Waals surface area contributed by atoms with E-state index in [1.165, 1.54) is 18.4 Å².